The molecule has 0 aliphatic rings. The monoisotopic (exact) mass is 466 g/mol. The highest BCUT2D eigenvalue weighted by Gasteiger charge is 2.02. The number of nitrogens with zero attached hydrogens (tertiary/aromatic N) is 2. The van der Waals surface area contributed by atoms with E-state index in [0.717, 1.165) is 51.4 Å². The van der Waals surface area contributed by atoms with Crippen molar-refractivity contribution in [3.8, 4) is 11.5 Å². The summed E-state index contributed by atoms with van der Waals surface area (Å²) >= 11 is 0. The molecule has 0 bridgehead atoms. The van der Waals surface area contributed by atoms with Crippen molar-refractivity contribution < 1.29 is 19.8 Å². The molecule has 0 saturated carbocycles. The first-order valence-electron chi connectivity index (χ1n) is 11.8. The van der Waals surface area contributed by atoms with E-state index in [9.17, 15) is 19.8 Å². The van der Waals surface area contributed by atoms with Gasteiger partial charge in [-0.25, -0.2) is 10.9 Å². The second-order valence-corrected chi connectivity index (χ2v) is 8.03. The molecular formula is C26H34N4O4. The van der Waals surface area contributed by atoms with Gasteiger partial charge in [-0.05, 0) is 37.1 Å². The van der Waals surface area contributed by atoms with E-state index in [2.05, 4.69) is 21.1 Å². The number of hydrogen-bond acceptors (Lipinski definition) is 6. The standard InChI is InChI=1S/C26H34N4O4/c31-23-15-11-9-13-21(23)19-27-29-25(33)17-7-5-3-1-2-4-6-8-18-26(34)30-28-20-22-14-10-12-16-24(22)32/h9-16,19-20,31-32H,1-8,17-18H2,(H,29,33)(H,30,34)/b27-19+,28-20+. The molecule has 34 heavy (non-hydrogen) atoms. The molecule has 0 saturated heterocycles. The van der Waals surface area contributed by atoms with Gasteiger partial charge >= 0.3 is 0 Å². The third-order valence-electron chi connectivity index (χ3n) is 5.22. The lowest BCUT2D eigenvalue weighted by atomic mass is 10.1. The summed E-state index contributed by atoms with van der Waals surface area (Å²) in [5.41, 5.74) is 6.08. The number of unbranched alkanes of at least 4 members (excludes halogenated alkanes) is 7. The van der Waals surface area contributed by atoms with Crippen LogP contribution < -0.4 is 10.9 Å². The highest BCUT2D eigenvalue weighted by Crippen LogP contribution is 2.14. The second-order valence-electron chi connectivity index (χ2n) is 8.03. The van der Waals surface area contributed by atoms with E-state index in [1.54, 1.807) is 48.5 Å². The number of aromatic hydroxyl groups is 2. The normalized spacial score (nSPS) is 11.2. The molecule has 8 heteroatoms. The molecule has 4 N–H and O–H groups in total. The van der Waals surface area contributed by atoms with Crippen molar-refractivity contribution in [2.45, 2.75) is 64.2 Å². The van der Waals surface area contributed by atoms with Crippen molar-refractivity contribution in [3.05, 3.63) is 59.7 Å². The molecule has 182 valence electrons. The van der Waals surface area contributed by atoms with Crippen LogP contribution in [-0.4, -0.2) is 34.5 Å². The van der Waals surface area contributed by atoms with Gasteiger partial charge in [-0.2, -0.15) is 10.2 Å². The number of amides is 2. The molecule has 0 aromatic heterocycles. The van der Waals surface area contributed by atoms with Crippen LogP contribution in [0.2, 0.25) is 0 Å². The van der Waals surface area contributed by atoms with Gasteiger partial charge in [0.1, 0.15) is 11.5 Å². The van der Waals surface area contributed by atoms with Gasteiger partial charge in [-0.3, -0.25) is 9.59 Å². The van der Waals surface area contributed by atoms with Crippen LogP contribution in [-0.2, 0) is 9.59 Å². The van der Waals surface area contributed by atoms with Gasteiger partial charge in [0.25, 0.3) is 0 Å². The highest BCUT2D eigenvalue weighted by atomic mass is 16.3. The third kappa shape index (κ3) is 11.3. The van der Waals surface area contributed by atoms with E-state index in [4.69, 9.17) is 0 Å². The minimum atomic E-state index is -0.130. The molecule has 0 aliphatic carbocycles. The number of carbonyl (C=O) groups excluding carboxylic acids is 2. The summed E-state index contributed by atoms with van der Waals surface area (Å²) in [4.78, 5) is 23.6. The van der Waals surface area contributed by atoms with Gasteiger partial charge in [-0.15, -0.1) is 0 Å². The van der Waals surface area contributed by atoms with E-state index in [1.807, 2.05) is 0 Å². The van der Waals surface area contributed by atoms with Crippen molar-refractivity contribution in [1.29, 1.82) is 0 Å². The van der Waals surface area contributed by atoms with E-state index in [-0.39, 0.29) is 23.3 Å². The summed E-state index contributed by atoms with van der Waals surface area (Å²) in [6, 6.07) is 13.6. The Kier molecular flexibility index (Phi) is 12.5. The number of phenols is 2. The average Bonchev–Trinajstić information content (AvgIpc) is 2.82. The molecule has 8 nitrogen and oxygen atoms in total. The molecule has 0 heterocycles. The minimum absolute atomic E-state index is 0.124. The van der Waals surface area contributed by atoms with E-state index in [0.29, 0.717) is 24.0 Å². The summed E-state index contributed by atoms with van der Waals surface area (Å²) in [6.45, 7) is 0. The van der Waals surface area contributed by atoms with Crippen molar-refractivity contribution in [2.75, 3.05) is 0 Å². The number of carbonyl (C=O) groups is 2. The first-order chi connectivity index (χ1) is 16.6. The average molecular weight is 467 g/mol. The van der Waals surface area contributed by atoms with E-state index in [1.165, 1.54) is 12.4 Å². The van der Waals surface area contributed by atoms with Crippen LogP contribution in [0, 0.1) is 0 Å². The Balaban J connectivity index is 1.40. The first-order valence-corrected chi connectivity index (χ1v) is 11.8. The van der Waals surface area contributed by atoms with Gasteiger partial charge < -0.3 is 10.2 Å². The van der Waals surface area contributed by atoms with Crippen LogP contribution in [0.5, 0.6) is 11.5 Å². The van der Waals surface area contributed by atoms with Crippen LogP contribution in [0.3, 0.4) is 0 Å². The van der Waals surface area contributed by atoms with E-state index >= 15 is 0 Å². The molecule has 0 fully saturated rings. The quantitative estimate of drug-likeness (QED) is 0.174. The smallest absolute Gasteiger partial charge is 0.240 e. The van der Waals surface area contributed by atoms with Gasteiger partial charge in [0, 0.05) is 24.0 Å². The summed E-state index contributed by atoms with van der Waals surface area (Å²) in [6.07, 6.45) is 11.7. The lowest BCUT2D eigenvalue weighted by Gasteiger charge is -2.03. The topological polar surface area (TPSA) is 123 Å². The van der Waals surface area contributed by atoms with Gasteiger partial charge in [-0.1, -0.05) is 62.8 Å². The SMILES string of the molecule is O=C(CCCCCCCCCCC(=O)N/N=C/c1ccccc1O)N/N=C/c1ccccc1O. The summed E-state index contributed by atoms with van der Waals surface area (Å²) in [7, 11) is 0. The number of phenolic OH excluding ortho intramolecular Hbond substituents is 2. The summed E-state index contributed by atoms with van der Waals surface area (Å²) < 4.78 is 0. The fourth-order valence-electron chi connectivity index (χ4n) is 3.28. The zero-order valence-electron chi connectivity index (χ0n) is 19.4. The number of hydrogen-bond donors (Lipinski definition) is 4. The van der Waals surface area contributed by atoms with Crippen LogP contribution in [0.1, 0.15) is 75.3 Å². The maximum Gasteiger partial charge on any atom is 0.240 e. The minimum Gasteiger partial charge on any atom is -0.507 e. The third-order valence-corrected chi connectivity index (χ3v) is 5.22. The maximum atomic E-state index is 11.8. The van der Waals surface area contributed by atoms with Crippen LogP contribution in [0.4, 0.5) is 0 Å². The highest BCUT2D eigenvalue weighted by molar-refractivity contribution is 5.85. The Morgan fingerprint density at radius 2 is 0.971 bits per heavy atom. The van der Waals surface area contributed by atoms with Gasteiger partial charge in [0.05, 0.1) is 12.4 Å². The molecule has 2 aromatic rings. The van der Waals surface area contributed by atoms with Crippen molar-refractivity contribution in [3.63, 3.8) is 0 Å². The predicted octanol–water partition coefficient (Wildman–Crippen LogP) is 4.60. The molecule has 2 aromatic carbocycles. The molecule has 0 radical (unpaired) electrons. The Hall–Kier alpha value is -3.68. The van der Waals surface area contributed by atoms with Crippen LogP contribution >= 0.6 is 0 Å². The number of benzene rings is 2. The molecule has 0 unspecified atom stereocenters. The molecule has 2 amide bonds. The Morgan fingerprint density at radius 1 is 0.618 bits per heavy atom. The zero-order valence-corrected chi connectivity index (χ0v) is 19.4. The number of rotatable bonds is 15. The van der Waals surface area contributed by atoms with Crippen molar-refractivity contribution in [1.82, 2.24) is 10.9 Å². The number of para-hydroxylation sites is 2. The fraction of sp³-hybridized carbons (Fsp3) is 0.385. The molecule has 0 atom stereocenters. The molecule has 0 spiro atoms. The predicted molar refractivity (Wildman–Crippen MR) is 134 cm³/mol. The van der Waals surface area contributed by atoms with Crippen LogP contribution in [0.25, 0.3) is 0 Å². The lowest BCUT2D eigenvalue weighted by Crippen LogP contribution is -2.16. The zero-order chi connectivity index (χ0) is 24.4. The largest absolute Gasteiger partial charge is 0.507 e. The van der Waals surface area contributed by atoms with Gasteiger partial charge in [0.2, 0.25) is 11.8 Å². The van der Waals surface area contributed by atoms with Crippen molar-refractivity contribution in [2.24, 2.45) is 10.2 Å². The summed E-state index contributed by atoms with van der Waals surface area (Å²) in [5, 5.41) is 27.0. The lowest BCUT2D eigenvalue weighted by molar-refractivity contribution is -0.122. The van der Waals surface area contributed by atoms with Crippen LogP contribution in [0.15, 0.2) is 58.7 Å². The summed E-state index contributed by atoms with van der Waals surface area (Å²) in [5.74, 6) is -0.0120. The number of hydrazone groups is 2. The molecule has 0 aliphatic heterocycles. The molecular weight excluding hydrogens is 432 g/mol. The maximum absolute atomic E-state index is 11.8. The first kappa shape index (κ1) is 26.6. The fourth-order valence-corrected chi connectivity index (χ4v) is 3.28. The Bertz CT molecular complexity index is 882. The van der Waals surface area contributed by atoms with Crippen molar-refractivity contribution >= 4 is 24.2 Å². The Morgan fingerprint density at radius 3 is 1.35 bits per heavy atom. The van der Waals surface area contributed by atoms with E-state index < -0.39 is 0 Å². The van der Waals surface area contributed by atoms with Gasteiger partial charge in [0.15, 0.2) is 0 Å². The Labute approximate surface area is 200 Å². The second kappa shape index (κ2) is 16.0. The molecule has 2 rings (SSSR count). The number of nitrogens with one attached hydrogen (secondary N) is 2.